The van der Waals surface area contributed by atoms with Crippen LogP contribution in [-0.4, -0.2) is 29.8 Å². The van der Waals surface area contributed by atoms with Crippen molar-refractivity contribution < 1.29 is 23.1 Å². The van der Waals surface area contributed by atoms with Crippen LogP contribution in [0.3, 0.4) is 0 Å². The maximum Gasteiger partial charge on any atom is 0.392 e. The van der Waals surface area contributed by atoms with Crippen LogP contribution in [0, 0.1) is 11.8 Å². The Bertz CT molecular complexity index is 277. The lowest BCUT2D eigenvalue weighted by Gasteiger charge is -2.32. The molecule has 2 unspecified atom stereocenters. The molecule has 1 saturated carbocycles. The predicted octanol–water partition coefficient (Wildman–Crippen LogP) is 2.24. The van der Waals surface area contributed by atoms with Crippen LogP contribution in [0.2, 0.25) is 0 Å². The Hall–Kier alpha value is -0.780. The highest BCUT2D eigenvalue weighted by atomic mass is 19.4. The van der Waals surface area contributed by atoms with Crippen LogP contribution >= 0.6 is 0 Å². The van der Waals surface area contributed by atoms with E-state index in [-0.39, 0.29) is 19.4 Å². The second-order valence-electron chi connectivity index (χ2n) is 4.84. The van der Waals surface area contributed by atoms with Gasteiger partial charge in [-0.15, -0.1) is 0 Å². The molecule has 1 aliphatic carbocycles. The number of carbonyl (C=O) groups excluding carboxylic acids is 1. The SMILES string of the molecule is CC[C@H](CO)NC(=O)C1CCCCC1C(F)(F)F. The first-order chi connectivity index (χ1) is 8.40. The van der Waals surface area contributed by atoms with E-state index in [1.807, 2.05) is 0 Å². The van der Waals surface area contributed by atoms with Crippen LogP contribution in [0.5, 0.6) is 0 Å². The van der Waals surface area contributed by atoms with Gasteiger partial charge < -0.3 is 10.4 Å². The van der Waals surface area contributed by atoms with Gasteiger partial charge in [-0.3, -0.25) is 4.79 Å². The maximum atomic E-state index is 12.8. The van der Waals surface area contributed by atoms with Crippen molar-refractivity contribution >= 4 is 5.91 Å². The topological polar surface area (TPSA) is 49.3 Å². The zero-order valence-electron chi connectivity index (χ0n) is 10.5. The minimum absolute atomic E-state index is 0.0253. The minimum Gasteiger partial charge on any atom is -0.394 e. The van der Waals surface area contributed by atoms with Crippen LogP contribution in [0.1, 0.15) is 39.0 Å². The molecule has 1 aliphatic rings. The molecule has 3 atom stereocenters. The molecule has 1 amide bonds. The van der Waals surface area contributed by atoms with E-state index in [4.69, 9.17) is 5.11 Å². The van der Waals surface area contributed by atoms with Crippen molar-refractivity contribution in [3.8, 4) is 0 Å². The molecular weight excluding hydrogens is 247 g/mol. The van der Waals surface area contributed by atoms with Crippen molar-refractivity contribution in [1.82, 2.24) is 5.32 Å². The predicted molar refractivity (Wildman–Crippen MR) is 60.8 cm³/mol. The van der Waals surface area contributed by atoms with E-state index >= 15 is 0 Å². The van der Waals surface area contributed by atoms with E-state index < -0.39 is 30.0 Å². The number of hydrogen-bond donors (Lipinski definition) is 2. The first-order valence-electron chi connectivity index (χ1n) is 6.38. The summed E-state index contributed by atoms with van der Waals surface area (Å²) in [5, 5.41) is 11.5. The number of rotatable bonds is 4. The Morgan fingerprint density at radius 2 is 2.00 bits per heavy atom. The molecule has 0 radical (unpaired) electrons. The lowest BCUT2D eigenvalue weighted by atomic mass is 9.78. The molecule has 1 rings (SSSR count). The van der Waals surface area contributed by atoms with Crippen LogP contribution < -0.4 is 5.32 Å². The van der Waals surface area contributed by atoms with Gasteiger partial charge in [-0.05, 0) is 19.3 Å². The van der Waals surface area contributed by atoms with Crippen LogP contribution in [0.25, 0.3) is 0 Å². The molecule has 0 aromatic rings. The van der Waals surface area contributed by atoms with Gasteiger partial charge in [0.1, 0.15) is 0 Å². The van der Waals surface area contributed by atoms with E-state index in [0.717, 1.165) is 0 Å². The number of halogens is 3. The van der Waals surface area contributed by atoms with E-state index in [2.05, 4.69) is 5.32 Å². The summed E-state index contributed by atoms with van der Waals surface area (Å²) in [6.45, 7) is 1.52. The summed E-state index contributed by atoms with van der Waals surface area (Å²) in [5.74, 6) is -3.11. The van der Waals surface area contributed by atoms with E-state index in [0.29, 0.717) is 19.3 Å². The number of aliphatic hydroxyl groups excluding tert-OH is 1. The van der Waals surface area contributed by atoms with Gasteiger partial charge in [-0.25, -0.2) is 0 Å². The largest absolute Gasteiger partial charge is 0.394 e. The van der Waals surface area contributed by atoms with Crippen molar-refractivity contribution in [2.75, 3.05) is 6.61 Å². The molecule has 1 fully saturated rings. The molecule has 0 bridgehead atoms. The monoisotopic (exact) mass is 267 g/mol. The van der Waals surface area contributed by atoms with Crippen molar-refractivity contribution in [2.45, 2.75) is 51.2 Å². The molecular formula is C12H20F3NO2. The molecule has 106 valence electrons. The number of carbonyl (C=O) groups is 1. The third-order valence-electron chi connectivity index (χ3n) is 3.58. The Kier molecular flexibility index (Phi) is 5.44. The first-order valence-corrected chi connectivity index (χ1v) is 6.38. The zero-order chi connectivity index (χ0) is 13.8. The van der Waals surface area contributed by atoms with E-state index in [1.165, 1.54) is 0 Å². The zero-order valence-corrected chi connectivity index (χ0v) is 10.5. The van der Waals surface area contributed by atoms with Crippen molar-refractivity contribution in [3.05, 3.63) is 0 Å². The van der Waals surface area contributed by atoms with Gasteiger partial charge in [0.25, 0.3) is 0 Å². The molecule has 18 heavy (non-hydrogen) atoms. The van der Waals surface area contributed by atoms with Gasteiger partial charge in [0, 0.05) is 5.92 Å². The molecule has 3 nitrogen and oxygen atoms in total. The number of nitrogens with one attached hydrogen (secondary N) is 1. The molecule has 0 heterocycles. The fourth-order valence-corrected chi connectivity index (χ4v) is 2.42. The molecule has 6 heteroatoms. The van der Waals surface area contributed by atoms with Crippen LogP contribution in [0.15, 0.2) is 0 Å². The van der Waals surface area contributed by atoms with Crippen LogP contribution in [-0.2, 0) is 4.79 Å². The van der Waals surface area contributed by atoms with Crippen molar-refractivity contribution in [3.63, 3.8) is 0 Å². The molecule has 0 spiro atoms. The molecule has 0 aliphatic heterocycles. The summed E-state index contributed by atoms with van der Waals surface area (Å²) in [7, 11) is 0. The minimum atomic E-state index is -4.32. The van der Waals surface area contributed by atoms with Crippen molar-refractivity contribution in [1.29, 1.82) is 0 Å². The second kappa shape index (κ2) is 6.41. The summed E-state index contributed by atoms with van der Waals surface area (Å²) in [6.07, 6.45) is -2.34. The summed E-state index contributed by atoms with van der Waals surface area (Å²) in [6, 6.07) is -0.451. The summed E-state index contributed by atoms with van der Waals surface area (Å²) >= 11 is 0. The lowest BCUT2D eigenvalue weighted by Crippen LogP contribution is -2.46. The summed E-state index contributed by atoms with van der Waals surface area (Å²) in [5.41, 5.74) is 0. The molecule has 0 aromatic carbocycles. The number of amides is 1. The quantitative estimate of drug-likeness (QED) is 0.820. The highest BCUT2D eigenvalue weighted by Gasteiger charge is 2.48. The smallest absolute Gasteiger partial charge is 0.392 e. The van der Waals surface area contributed by atoms with Gasteiger partial charge in [-0.2, -0.15) is 13.2 Å². The normalized spacial score (nSPS) is 26.7. The van der Waals surface area contributed by atoms with Crippen molar-refractivity contribution in [2.24, 2.45) is 11.8 Å². The Balaban J connectivity index is 2.68. The standard InChI is InChI=1S/C12H20F3NO2/c1-2-8(7-17)16-11(18)9-5-3-4-6-10(9)12(13,14)15/h8-10,17H,2-7H2,1H3,(H,16,18)/t8-,9?,10?/m1/s1. The highest BCUT2D eigenvalue weighted by Crippen LogP contribution is 2.41. The first kappa shape index (κ1) is 15.3. The second-order valence-corrected chi connectivity index (χ2v) is 4.84. The van der Waals surface area contributed by atoms with E-state index in [1.54, 1.807) is 6.92 Å². The van der Waals surface area contributed by atoms with Gasteiger partial charge in [-0.1, -0.05) is 19.8 Å². The van der Waals surface area contributed by atoms with Crippen LogP contribution in [0.4, 0.5) is 13.2 Å². The lowest BCUT2D eigenvalue weighted by molar-refractivity contribution is -0.198. The highest BCUT2D eigenvalue weighted by molar-refractivity contribution is 5.79. The molecule has 2 N–H and O–H groups in total. The molecule has 0 saturated heterocycles. The summed E-state index contributed by atoms with van der Waals surface area (Å²) in [4.78, 5) is 11.9. The van der Waals surface area contributed by atoms with E-state index in [9.17, 15) is 18.0 Å². The fourth-order valence-electron chi connectivity index (χ4n) is 2.42. The maximum absolute atomic E-state index is 12.8. The summed E-state index contributed by atoms with van der Waals surface area (Å²) < 4.78 is 38.5. The average Bonchev–Trinajstić information content (AvgIpc) is 2.34. The number of aliphatic hydroxyl groups is 1. The third-order valence-corrected chi connectivity index (χ3v) is 3.58. The Morgan fingerprint density at radius 3 is 2.50 bits per heavy atom. The Labute approximate surface area is 105 Å². The third kappa shape index (κ3) is 3.86. The van der Waals surface area contributed by atoms with Gasteiger partial charge >= 0.3 is 6.18 Å². The average molecular weight is 267 g/mol. The Morgan fingerprint density at radius 1 is 1.39 bits per heavy atom. The molecule has 0 aromatic heterocycles. The number of hydrogen-bond acceptors (Lipinski definition) is 2. The van der Waals surface area contributed by atoms with Gasteiger partial charge in [0.2, 0.25) is 5.91 Å². The van der Waals surface area contributed by atoms with Gasteiger partial charge in [0.05, 0.1) is 18.6 Å². The fraction of sp³-hybridized carbons (Fsp3) is 0.917. The van der Waals surface area contributed by atoms with Gasteiger partial charge in [0.15, 0.2) is 0 Å². The number of alkyl halides is 3.